The van der Waals surface area contributed by atoms with Gasteiger partial charge in [-0.2, -0.15) is 11.8 Å². The number of nitrogens with zero attached hydrogens (tertiary/aromatic N) is 1. The Morgan fingerprint density at radius 3 is 2.76 bits per heavy atom. The highest BCUT2D eigenvalue weighted by Gasteiger charge is 2.36. The highest BCUT2D eigenvalue weighted by molar-refractivity contribution is 7.98. The van der Waals surface area contributed by atoms with Crippen molar-refractivity contribution < 1.29 is 0 Å². The Kier molecular flexibility index (Phi) is 5.19. The number of thioether (sulfide) groups is 1. The van der Waals surface area contributed by atoms with Gasteiger partial charge in [0.15, 0.2) is 0 Å². The zero-order valence-electron chi connectivity index (χ0n) is 11.5. The molecule has 1 heterocycles. The third-order valence-corrected chi connectivity index (χ3v) is 5.19. The molecule has 17 heavy (non-hydrogen) atoms. The number of hydrogen-bond acceptors (Lipinski definition) is 3. The Labute approximate surface area is 111 Å². The van der Waals surface area contributed by atoms with Gasteiger partial charge in [-0.1, -0.05) is 26.2 Å². The molecule has 1 spiro atoms. The summed E-state index contributed by atoms with van der Waals surface area (Å²) in [5, 5.41) is 3.82. The normalized spacial score (nSPS) is 27.2. The van der Waals surface area contributed by atoms with Crippen molar-refractivity contribution in [3.05, 3.63) is 0 Å². The van der Waals surface area contributed by atoms with Crippen molar-refractivity contribution in [1.82, 2.24) is 10.2 Å². The Bertz CT molecular complexity index is 221. The molecule has 0 aromatic heterocycles. The van der Waals surface area contributed by atoms with Crippen LogP contribution in [0.3, 0.4) is 0 Å². The van der Waals surface area contributed by atoms with Crippen molar-refractivity contribution >= 4 is 11.8 Å². The molecule has 2 nitrogen and oxygen atoms in total. The van der Waals surface area contributed by atoms with E-state index in [1.165, 1.54) is 64.0 Å². The molecular formula is C14H28N2S. The summed E-state index contributed by atoms with van der Waals surface area (Å²) in [6.07, 6.45) is 9.34. The van der Waals surface area contributed by atoms with Crippen LogP contribution in [0.2, 0.25) is 0 Å². The Balaban J connectivity index is 1.83. The first-order valence-electron chi connectivity index (χ1n) is 7.20. The van der Waals surface area contributed by atoms with Crippen LogP contribution in [-0.2, 0) is 0 Å². The van der Waals surface area contributed by atoms with E-state index in [2.05, 4.69) is 23.4 Å². The first kappa shape index (κ1) is 13.7. The molecule has 0 aromatic carbocycles. The summed E-state index contributed by atoms with van der Waals surface area (Å²) in [6.45, 7) is 7.44. The van der Waals surface area contributed by atoms with E-state index in [1.807, 2.05) is 11.8 Å². The van der Waals surface area contributed by atoms with Crippen LogP contribution < -0.4 is 5.32 Å². The summed E-state index contributed by atoms with van der Waals surface area (Å²) >= 11 is 1.98. The number of piperazine rings is 1. The topological polar surface area (TPSA) is 15.3 Å². The highest BCUT2D eigenvalue weighted by Crippen LogP contribution is 2.30. The molecule has 0 radical (unpaired) electrons. The van der Waals surface area contributed by atoms with Crippen LogP contribution in [0.4, 0.5) is 0 Å². The second-order valence-electron chi connectivity index (χ2n) is 6.06. The summed E-state index contributed by atoms with van der Waals surface area (Å²) in [7, 11) is 0. The summed E-state index contributed by atoms with van der Waals surface area (Å²) in [5.41, 5.74) is 0.482. The summed E-state index contributed by atoms with van der Waals surface area (Å²) in [6, 6.07) is 0. The first-order chi connectivity index (χ1) is 8.24. The van der Waals surface area contributed by atoms with Crippen LogP contribution >= 0.6 is 11.8 Å². The van der Waals surface area contributed by atoms with E-state index in [-0.39, 0.29) is 0 Å². The lowest BCUT2D eigenvalue weighted by Gasteiger charge is -2.46. The van der Waals surface area contributed by atoms with Crippen LogP contribution in [0, 0.1) is 5.92 Å². The van der Waals surface area contributed by atoms with Crippen LogP contribution in [0.25, 0.3) is 0 Å². The monoisotopic (exact) mass is 256 g/mol. The molecule has 1 aliphatic heterocycles. The van der Waals surface area contributed by atoms with Crippen molar-refractivity contribution in [1.29, 1.82) is 0 Å². The van der Waals surface area contributed by atoms with Gasteiger partial charge >= 0.3 is 0 Å². The Hall–Kier alpha value is 0.270. The van der Waals surface area contributed by atoms with Crippen molar-refractivity contribution in [2.75, 3.05) is 38.2 Å². The SMILES string of the molecule is CSCC(C)CN1CCNC2(CCCCC2)C1. The molecule has 3 heteroatoms. The fourth-order valence-corrected chi connectivity index (χ4v) is 4.21. The summed E-state index contributed by atoms with van der Waals surface area (Å²) < 4.78 is 0. The molecule has 2 aliphatic rings. The van der Waals surface area contributed by atoms with Crippen molar-refractivity contribution in [3.8, 4) is 0 Å². The van der Waals surface area contributed by atoms with Gasteiger partial charge in [0.05, 0.1) is 0 Å². The van der Waals surface area contributed by atoms with Crippen molar-refractivity contribution in [3.63, 3.8) is 0 Å². The number of nitrogens with one attached hydrogen (secondary N) is 1. The van der Waals surface area contributed by atoms with E-state index < -0.39 is 0 Å². The van der Waals surface area contributed by atoms with Crippen LogP contribution in [0.5, 0.6) is 0 Å². The molecule has 1 saturated heterocycles. The van der Waals surface area contributed by atoms with Crippen LogP contribution in [-0.4, -0.2) is 48.6 Å². The summed E-state index contributed by atoms with van der Waals surface area (Å²) in [4.78, 5) is 2.71. The van der Waals surface area contributed by atoms with E-state index in [4.69, 9.17) is 0 Å². The van der Waals surface area contributed by atoms with Gasteiger partial charge in [0.25, 0.3) is 0 Å². The molecule has 1 N–H and O–H groups in total. The minimum atomic E-state index is 0.482. The zero-order valence-corrected chi connectivity index (χ0v) is 12.3. The van der Waals surface area contributed by atoms with Gasteiger partial charge in [0.1, 0.15) is 0 Å². The molecule has 1 saturated carbocycles. The van der Waals surface area contributed by atoms with E-state index in [0.29, 0.717) is 5.54 Å². The molecular weight excluding hydrogens is 228 g/mol. The predicted molar refractivity (Wildman–Crippen MR) is 77.8 cm³/mol. The zero-order chi connectivity index (χ0) is 12.1. The van der Waals surface area contributed by atoms with E-state index in [1.54, 1.807) is 0 Å². The van der Waals surface area contributed by atoms with Gasteiger partial charge in [-0.25, -0.2) is 0 Å². The van der Waals surface area contributed by atoms with E-state index in [0.717, 1.165) is 5.92 Å². The van der Waals surface area contributed by atoms with E-state index >= 15 is 0 Å². The molecule has 2 rings (SSSR count). The van der Waals surface area contributed by atoms with Gasteiger partial charge in [-0.15, -0.1) is 0 Å². The maximum atomic E-state index is 3.82. The molecule has 0 bridgehead atoms. The summed E-state index contributed by atoms with van der Waals surface area (Å²) in [5.74, 6) is 2.14. The Morgan fingerprint density at radius 2 is 2.06 bits per heavy atom. The maximum Gasteiger partial charge on any atom is 0.0309 e. The molecule has 1 unspecified atom stereocenters. The smallest absolute Gasteiger partial charge is 0.0309 e. The molecule has 0 aromatic rings. The largest absolute Gasteiger partial charge is 0.309 e. The average molecular weight is 256 g/mol. The molecule has 1 atom stereocenters. The maximum absolute atomic E-state index is 3.82. The third-order valence-electron chi connectivity index (χ3n) is 4.29. The predicted octanol–water partition coefficient (Wildman–Crippen LogP) is 2.59. The fraction of sp³-hybridized carbons (Fsp3) is 1.00. The quantitative estimate of drug-likeness (QED) is 0.832. The lowest BCUT2D eigenvalue weighted by molar-refractivity contribution is 0.0916. The van der Waals surface area contributed by atoms with Crippen LogP contribution in [0.1, 0.15) is 39.0 Å². The average Bonchev–Trinajstić information content (AvgIpc) is 2.30. The minimum absolute atomic E-state index is 0.482. The van der Waals surface area contributed by atoms with Gasteiger partial charge in [0.2, 0.25) is 0 Å². The third kappa shape index (κ3) is 3.87. The molecule has 1 aliphatic carbocycles. The van der Waals surface area contributed by atoms with Gasteiger partial charge in [0, 0.05) is 31.7 Å². The lowest BCUT2D eigenvalue weighted by atomic mass is 9.80. The van der Waals surface area contributed by atoms with Crippen molar-refractivity contribution in [2.24, 2.45) is 5.92 Å². The van der Waals surface area contributed by atoms with Gasteiger partial charge in [-0.05, 0) is 30.8 Å². The second-order valence-corrected chi connectivity index (χ2v) is 6.97. The fourth-order valence-electron chi connectivity index (χ4n) is 3.54. The molecule has 0 amide bonds. The second kappa shape index (κ2) is 6.44. The number of rotatable bonds is 4. The van der Waals surface area contributed by atoms with Gasteiger partial charge < -0.3 is 5.32 Å². The molecule has 2 fully saturated rings. The minimum Gasteiger partial charge on any atom is -0.309 e. The van der Waals surface area contributed by atoms with Crippen molar-refractivity contribution in [2.45, 2.75) is 44.6 Å². The van der Waals surface area contributed by atoms with Crippen LogP contribution in [0.15, 0.2) is 0 Å². The van der Waals surface area contributed by atoms with Gasteiger partial charge in [-0.3, -0.25) is 4.90 Å². The number of hydrogen-bond donors (Lipinski definition) is 1. The highest BCUT2D eigenvalue weighted by atomic mass is 32.2. The standard InChI is InChI=1S/C14H28N2S/c1-13(11-17-2)10-16-9-8-15-14(12-16)6-4-3-5-7-14/h13,15H,3-12H2,1-2H3. The lowest BCUT2D eigenvalue weighted by Crippen LogP contribution is -2.61. The first-order valence-corrected chi connectivity index (χ1v) is 8.60. The molecule has 100 valence electrons. The van der Waals surface area contributed by atoms with E-state index in [9.17, 15) is 0 Å². The Morgan fingerprint density at radius 1 is 1.29 bits per heavy atom.